The van der Waals surface area contributed by atoms with Crippen molar-refractivity contribution in [2.45, 2.75) is 19.9 Å². The molecule has 2 heterocycles. The quantitative estimate of drug-likeness (QED) is 0.340. The molecule has 5 aromatic rings. The molecule has 168 valence electrons. The van der Waals surface area contributed by atoms with E-state index in [2.05, 4.69) is 15.5 Å². The van der Waals surface area contributed by atoms with Crippen LogP contribution in [0.4, 0.5) is 0 Å². The molecule has 1 unspecified atom stereocenters. The fourth-order valence-corrected chi connectivity index (χ4v) is 3.92. The van der Waals surface area contributed by atoms with Gasteiger partial charge >= 0.3 is 0 Å². The standard InChI is InChI=1S/C28H24N4O2/c1-18(2)25(28-31-26(32-34-28)20-13-7-4-8-14-20)30-27(33)22-17-24(19-11-5-3-6-12-19)29-23-16-10-9-15-21(22)23/h3-18,25H,1-2H3,(H,30,33). The van der Waals surface area contributed by atoms with Gasteiger partial charge < -0.3 is 9.84 Å². The molecule has 0 saturated carbocycles. The maximum absolute atomic E-state index is 13.6. The molecule has 0 bridgehead atoms. The van der Waals surface area contributed by atoms with Crippen molar-refractivity contribution in [1.29, 1.82) is 0 Å². The van der Waals surface area contributed by atoms with E-state index in [4.69, 9.17) is 9.51 Å². The van der Waals surface area contributed by atoms with Gasteiger partial charge in [0.25, 0.3) is 5.91 Å². The highest BCUT2D eigenvalue weighted by atomic mass is 16.5. The minimum absolute atomic E-state index is 0.0368. The molecule has 0 aliphatic heterocycles. The Labute approximate surface area is 197 Å². The first-order chi connectivity index (χ1) is 16.6. The maximum atomic E-state index is 13.6. The number of aromatic nitrogens is 3. The summed E-state index contributed by atoms with van der Waals surface area (Å²) in [7, 11) is 0. The van der Waals surface area contributed by atoms with E-state index in [-0.39, 0.29) is 11.8 Å². The van der Waals surface area contributed by atoms with Crippen LogP contribution in [0.1, 0.15) is 36.1 Å². The van der Waals surface area contributed by atoms with E-state index in [9.17, 15) is 4.79 Å². The molecule has 6 heteroatoms. The summed E-state index contributed by atoms with van der Waals surface area (Å²) in [5.74, 6) is 0.698. The van der Waals surface area contributed by atoms with Crippen molar-refractivity contribution in [1.82, 2.24) is 20.4 Å². The van der Waals surface area contributed by atoms with Crippen LogP contribution in [0.25, 0.3) is 33.5 Å². The number of hydrogen-bond donors (Lipinski definition) is 1. The van der Waals surface area contributed by atoms with Gasteiger partial charge in [-0.3, -0.25) is 4.79 Å². The first kappa shape index (κ1) is 21.5. The van der Waals surface area contributed by atoms with Gasteiger partial charge in [0.15, 0.2) is 0 Å². The van der Waals surface area contributed by atoms with Crippen LogP contribution in [0, 0.1) is 5.92 Å². The normalized spacial score (nSPS) is 12.1. The zero-order chi connectivity index (χ0) is 23.5. The third kappa shape index (κ3) is 4.30. The Hall–Kier alpha value is -4.32. The molecular weight excluding hydrogens is 424 g/mol. The zero-order valence-corrected chi connectivity index (χ0v) is 19.0. The Kier molecular flexibility index (Phi) is 5.87. The van der Waals surface area contributed by atoms with Crippen LogP contribution in [0.3, 0.4) is 0 Å². The van der Waals surface area contributed by atoms with Gasteiger partial charge in [0, 0.05) is 16.5 Å². The minimum atomic E-state index is -0.440. The van der Waals surface area contributed by atoms with Crippen LogP contribution in [0.15, 0.2) is 95.5 Å². The number of carbonyl (C=O) groups is 1. The molecule has 0 saturated heterocycles. The Morgan fingerprint density at radius 1 is 0.824 bits per heavy atom. The number of carbonyl (C=O) groups excluding carboxylic acids is 1. The molecule has 0 aliphatic rings. The number of hydrogen-bond acceptors (Lipinski definition) is 5. The summed E-state index contributed by atoms with van der Waals surface area (Å²) in [6.45, 7) is 4.02. The third-order valence-corrected chi connectivity index (χ3v) is 5.72. The lowest BCUT2D eigenvalue weighted by atomic mass is 10.0. The molecule has 1 amide bonds. The first-order valence-electron chi connectivity index (χ1n) is 11.3. The van der Waals surface area contributed by atoms with Gasteiger partial charge in [0.1, 0.15) is 6.04 Å². The molecule has 0 aliphatic carbocycles. The Bertz CT molecular complexity index is 1430. The number of pyridine rings is 1. The largest absolute Gasteiger partial charge is 0.340 e. The summed E-state index contributed by atoms with van der Waals surface area (Å²) < 4.78 is 5.57. The molecule has 5 rings (SSSR count). The summed E-state index contributed by atoms with van der Waals surface area (Å²) >= 11 is 0. The maximum Gasteiger partial charge on any atom is 0.252 e. The summed E-state index contributed by atoms with van der Waals surface area (Å²) in [6.07, 6.45) is 0. The summed E-state index contributed by atoms with van der Waals surface area (Å²) in [6, 6.07) is 28.5. The van der Waals surface area contributed by atoms with Gasteiger partial charge in [-0.1, -0.05) is 97.9 Å². The van der Waals surface area contributed by atoms with Gasteiger partial charge in [-0.05, 0) is 18.1 Å². The molecule has 1 N–H and O–H groups in total. The fourth-order valence-electron chi connectivity index (χ4n) is 3.92. The highest BCUT2D eigenvalue weighted by molar-refractivity contribution is 6.07. The van der Waals surface area contributed by atoms with E-state index in [0.717, 1.165) is 27.7 Å². The predicted octanol–water partition coefficient (Wildman–Crippen LogP) is 6.08. The second kappa shape index (κ2) is 9.27. The van der Waals surface area contributed by atoms with E-state index >= 15 is 0 Å². The van der Waals surface area contributed by atoms with Crippen molar-refractivity contribution in [3.63, 3.8) is 0 Å². The molecule has 0 radical (unpaired) electrons. The van der Waals surface area contributed by atoms with Crippen LogP contribution in [-0.4, -0.2) is 21.0 Å². The van der Waals surface area contributed by atoms with Gasteiger partial charge in [0.2, 0.25) is 11.7 Å². The van der Waals surface area contributed by atoms with Crippen LogP contribution < -0.4 is 5.32 Å². The van der Waals surface area contributed by atoms with E-state index in [0.29, 0.717) is 17.3 Å². The lowest BCUT2D eigenvalue weighted by Gasteiger charge is -2.19. The average molecular weight is 449 g/mol. The number of amides is 1. The molecule has 3 aromatic carbocycles. The zero-order valence-electron chi connectivity index (χ0n) is 19.0. The van der Waals surface area contributed by atoms with Crippen molar-refractivity contribution in [2.24, 2.45) is 5.92 Å². The summed E-state index contributed by atoms with van der Waals surface area (Å²) in [5, 5.41) is 8.04. The van der Waals surface area contributed by atoms with Crippen LogP contribution in [0.2, 0.25) is 0 Å². The van der Waals surface area contributed by atoms with Crippen molar-refractivity contribution in [2.75, 3.05) is 0 Å². The monoisotopic (exact) mass is 448 g/mol. The fraction of sp³-hybridized carbons (Fsp3) is 0.143. The number of para-hydroxylation sites is 1. The Morgan fingerprint density at radius 3 is 2.18 bits per heavy atom. The van der Waals surface area contributed by atoms with Crippen molar-refractivity contribution < 1.29 is 9.32 Å². The van der Waals surface area contributed by atoms with E-state index < -0.39 is 6.04 Å². The summed E-state index contributed by atoms with van der Waals surface area (Å²) in [5.41, 5.74) is 3.87. The van der Waals surface area contributed by atoms with Gasteiger partial charge in [0.05, 0.1) is 16.8 Å². The number of fused-ring (bicyclic) bond motifs is 1. The summed E-state index contributed by atoms with van der Waals surface area (Å²) in [4.78, 5) is 22.9. The highest BCUT2D eigenvalue weighted by Gasteiger charge is 2.26. The molecule has 0 fully saturated rings. The lowest BCUT2D eigenvalue weighted by molar-refractivity contribution is 0.0915. The molecule has 34 heavy (non-hydrogen) atoms. The molecule has 1 atom stereocenters. The van der Waals surface area contributed by atoms with Crippen LogP contribution in [-0.2, 0) is 0 Å². The van der Waals surface area contributed by atoms with Gasteiger partial charge in [-0.25, -0.2) is 4.98 Å². The van der Waals surface area contributed by atoms with Crippen molar-refractivity contribution >= 4 is 16.8 Å². The SMILES string of the molecule is CC(C)C(NC(=O)c1cc(-c2ccccc2)nc2ccccc12)c1nc(-c2ccccc2)no1. The second-order valence-electron chi connectivity index (χ2n) is 8.46. The van der Waals surface area contributed by atoms with Crippen molar-refractivity contribution in [3.8, 4) is 22.6 Å². The number of benzene rings is 3. The van der Waals surface area contributed by atoms with Crippen molar-refractivity contribution in [3.05, 3.63) is 102 Å². The highest BCUT2D eigenvalue weighted by Crippen LogP contribution is 2.27. The smallest absolute Gasteiger partial charge is 0.252 e. The molecule has 0 spiro atoms. The second-order valence-corrected chi connectivity index (χ2v) is 8.46. The predicted molar refractivity (Wildman–Crippen MR) is 132 cm³/mol. The van der Waals surface area contributed by atoms with Gasteiger partial charge in [-0.2, -0.15) is 4.98 Å². The number of nitrogens with one attached hydrogen (secondary N) is 1. The van der Waals surface area contributed by atoms with Gasteiger partial charge in [-0.15, -0.1) is 0 Å². The number of rotatable bonds is 6. The van der Waals surface area contributed by atoms with Crippen LogP contribution >= 0.6 is 0 Å². The molecule has 6 nitrogen and oxygen atoms in total. The first-order valence-corrected chi connectivity index (χ1v) is 11.3. The van der Waals surface area contributed by atoms with E-state index in [1.165, 1.54) is 0 Å². The number of nitrogens with zero attached hydrogens (tertiary/aromatic N) is 3. The Morgan fingerprint density at radius 2 is 1.47 bits per heavy atom. The molecule has 2 aromatic heterocycles. The lowest BCUT2D eigenvalue weighted by Crippen LogP contribution is -2.32. The van der Waals surface area contributed by atoms with Crippen LogP contribution in [0.5, 0.6) is 0 Å². The topological polar surface area (TPSA) is 80.9 Å². The third-order valence-electron chi connectivity index (χ3n) is 5.72. The Balaban J connectivity index is 1.50. The average Bonchev–Trinajstić information content (AvgIpc) is 3.37. The minimum Gasteiger partial charge on any atom is -0.340 e. The molecular formula is C28H24N4O2. The van der Waals surface area contributed by atoms with E-state index in [1.54, 1.807) is 0 Å². The van der Waals surface area contributed by atoms with E-state index in [1.807, 2.05) is 105 Å².